The predicted octanol–water partition coefficient (Wildman–Crippen LogP) is 3.33. The molecule has 0 heterocycles. The minimum absolute atomic E-state index is 0.0546. The summed E-state index contributed by atoms with van der Waals surface area (Å²) in [6.45, 7) is 1.28. The van der Waals surface area contributed by atoms with E-state index < -0.39 is 23.1 Å². The summed E-state index contributed by atoms with van der Waals surface area (Å²) in [5.41, 5.74) is 1.18. The van der Waals surface area contributed by atoms with Gasteiger partial charge < -0.3 is 14.6 Å². The van der Waals surface area contributed by atoms with Crippen LogP contribution in [0.5, 0.6) is 5.75 Å². The van der Waals surface area contributed by atoms with Crippen LogP contribution in [0.15, 0.2) is 48.5 Å². The van der Waals surface area contributed by atoms with Crippen molar-refractivity contribution in [3.8, 4) is 5.75 Å². The van der Waals surface area contributed by atoms with Gasteiger partial charge in [0.25, 0.3) is 5.69 Å². The van der Waals surface area contributed by atoms with Gasteiger partial charge in [-0.25, -0.2) is 0 Å². The lowest BCUT2D eigenvalue weighted by Crippen LogP contribution is -2.13. The van der Waals surface area contributed by atoms with Crippen LogP contribution in [0.3, 0.4) is 0 Å². The van der Waals surface area contributed by atoms with Crippen molar-refractivity contribution in [2.24, 2.45) is 0 Å². The van der Waals surface area contributed by atoms with Gasteiger partial charge in [-0.15, -0.1) is 0 Å². The molecule has 7 heteroatoms. The highest BCUT2D eigenvalue weighted by Crippen LogP contribution is 2.31. The first-order valence-electron chi connectivity index (χ1n) is 7.64. The van der Waals surface area contributed by atoms with Crippen molar-refractivity contribution in [2.45, 2.75) is 25.6 Å². The van der Waals surface area contributed by atoms with Gasteiger partial charge in [0.2, 0.25) is 0 Å². The molecule has 132 valence electrons. The van der Waals surface area contributed by atoms with Crippen molar-refractivity contribution < 1.29 is 24.3 Å². The summed E-state index contributed by atoms with van der Waals surface area (Å²) in [5.74, 6) is 0.174. The summed E-state index contributed by atoms with van der Waals surface area (Å²) in [5, 5.41) is 21.2. The van der Waals surface area contributed by atoms with E-state index in [-0.39, 0.29) is 12.1 Å². The number of benzene rings is 2. The van der Waals surface area contributed by atoms with Crippen molar-refractivity contribution in [2.75, 3.05) is 7.11 Å². The number of aliphatic hydroxyl groups excluding tert-OH is 1. The first-order chi connectivity index (χ1) is 11.9. The maximum Gasteiger partial charge on any atom is 0.303 e. The number of carbonyl (C=O) groups excluding carboxylic acids is 1. The number of nitro benzene ring substituents is 1. The molecule has 1 N–H and O–H groups in total. The molecule has 2 rings (SSSR count). The quantitative estimate of drug-likeness (QED) is 0.469. The highest BCUT2D eigenvalue weighted by Gasteiger charge is 2.21. The Morgan fingerprint density at radius 3 is 2.16 bits per heavy atom. The first-order valence-corrected chi connectivity index (χ1v) is 7.64. The van der Waals surface area contributed by atoms with Gasteiger partial charge in [0.1, 0.15) is 11.9 Å². The number of esters is 1. The molecule has 0 bridgehead atoms. The number of ether oxygens (including phenoxy) is 2. The molecule has 0 aliphatic rings. The molecule has 2 atom stereocenters. The summed E-state index contributed by atoms with van der Waals surface area (Å²) < 4.78 is 10.4. The van der Waals surface area contributed by atoms with Crippen molar-refractivity contribution in [3.05, 3.63) is 69.8 Å². The second kappa shape index (κ2) is 8.25. The molecule has 0 unspecified atom stereocenters. The van der Waals surface area contributed by atoms with Crippen LogP contribution in [-0.4, -0.2) is 23.1 Å². The zero-order valence-corrected chi connectivity index (χ0v) is 13.9. The van der Waals surface area contributed by atoms with Crippen molar-refractivity contribution >= 4 is 11.7 Å². The molecule has 0 spiro atoms. The first kappa shape index (κ1) is 18.4. The molecular formula is C18H19NO6. The summed E-state index contributed by atoms with van der Waals surface area (Å²) in [6, 6.07) is 12.6. The smallest absolute Gasteiger partial charge is 0.303 e. The Morgan fingerprint density at radius 2 is 1.68 bits per heavy atom. The highest BCUT2D eigenvalue weighted by atomic mass is 16.6. The minimum Gasteiger partial charge on any atom is -0.497 e. The van der Waals surface area contributed by atoms with Crippen LogP contribution in [0, 0.1) is 10.1 Å². The van der Waals surface area contributed by atoms with E-state index in [2.05, 4.69) is 0 Å². The van der Waals surface area contributed by atoms with Crippen LogP contribution in [0.2, 0.25) is 0 Å². The van der Waals surface area contributed by atoms with Gasteiger partial charge in [-0.3, -0.25) is 14.9 Å². The number of hydrogen-bond donors (Lipinski definition) is 1. The second-order valence-electron chi connectivity index (χ2n) is 5.47. The Labute approximate surface area is 145 Å². The molecule has 0 radical (unpaired) electrons. The average molecular weight is 345 g/mol. The Kier molecular flexibility index (Phi) is 6.08. The van der Waals surface area contributed by atoms with Gasteiger partial charge in [0, 0.05) is 25.5 Å². The maximum absolute atomic E-state index is 11.4. The van der Waals surface area contributed by atoms with Crippen LogP contribution in [0.1, 0.15) is 36.7 Å². The third kappa shape index (κ3) is 5.02. The zero-order chi connectivity index (χ0) is 18.4. The molecule has 0 fully saturated rings. The van der Waals surface area contributed by atoms with Crippen molar-refractivity contribution in [1.29, 1.82) is 0 Å². The molecular weight excluding hydrogens is 326 g/mol. The Morgan fingerprint density at radius 1 is 1.12 bits per heavy atom. The van der Waals surface area contributed by atoms with E-state index in [0.29, 0.717) is 16.9 Å². The Balaban J connectivity index is 2.18. The lowest BCUT2D eigenvalue weighted by molar-refractivity contribution is -0.384. The van der Waals surface area contributed by atoms with Crippen LogP contribution in [-0.2, 0) is 9.53 Å². The summed E-state index contributed by atoms with van der Waals surface area (Å²) in [4.78, 5) is 21.6. The maximum atomic E-state index is 11.4. The van der Waals surface area contributed by atoms with E-state index in [9.17, 15) is 20.0 Å². The zero-order valence-electron chi connectivity index (χ0n) is 13.9. The van der Waals surface area contributed by atoms with Gasteiger partial charge in [-0.05, 0) is 35.4 Å². The molecule has 0 saturated heterocycles. The Bertz CT molecular complexity index is 726. The standard InChI is InChI=1S/C18H19NO6/c1-12(20)25-18(14-3-7-15(8-4-14)19(22)23)11-17(21)13-5-9-16(24-2)10-6-13/h3-10,17-18,21H,11H2,1-2H3/t17-,18-/m0/s1. The van der Waals surface area contributed by atoms with E-state index in [4.69, 9.17) is 9.47 Å². The van der Waals surface area contributed by atoms with Gasteiger partial charge in [0.15, 0.2) is 0 Å². The number of nitrogens with zero attached hydrogens (tertiary/aromatic N) is 1. The summed E-state index contributed by atoms with van der Waals surface area (Å²) in [6.07, 6.45) is -1.45. The molecule has 0 aromatic heterocycles. The summed E-state index contributed by atoms with van der Waals surface area (Å²) >= 11 is 0. The van der Waals surface area contributed by atoms with E-state index >= 15 is 0 Å². The third-order valence-electron chi connectivity index (χ3n) is 3.72. The highest BCUT2D eigenvalue weighted by molar-refractivity contribution is 5.66. The largest absolute Gasteiger partial charge is 0.497 e. The van der Waals surface area contributed by atoms with Gasteiger partial charge in [-0.1, -0.05) is 12.1 Å². The molecule has 7 nitrogen and oxygen atoms in total. The van der Waals surface area contributed by atoms with Crippen LogP contribution >= 0.6 is 0 Å². The fraction of sp³-hybridized carbons (Fsp3) is 0.278. The molecule has 2 aromatic carbocycles. The Hall–Kier alpha value is -2.93. The van der Waals surface area contributed by atoms with Crippen molar-refractivity contribution in [3.63, 3.8) is 0 Å². The van der Waals surface area contributed by atoms with Crippen LogP contribution in [0.4, 0.5) is 5.69 Å². The van der Waals surface area contributed by atoms with E-state index in [1.807, 2.05) is 0 Å². The van der Waals surface area contributed by atoms with Gasteiger partial charge >= 0.3 is 5.97 Å². The van der Waals surface area contributed by atoms with Gasteiger partial charge in [-0.2, -0.15) is 0 Å². The summed E-state index contributed by atoms with van der Waals surface area (Å²) in [7, 11) is 1.55. The van der Waals surface area contributed by atoms with Crippen LogP contribution in [0.25, 0.3) is 0 Å². The van der Waals surface area contributed by atoms with Gasteiger partial charge in [0.05, 0.1) is 18.1 Å². The SMILES string of the molecule is COc1ccc([C@@H](O)C[C@H](OC(C)=O)c2ccc([N+](=O)[O-])cc2)cc1. The van der Waals surface area contributed by atoms with E-state index in [1.54, 1.807) is 31.4 Å². The lowest BCUT2D eigenvalue weighted by Gasteiger charge is -2.21. The van der Waals surface area contributed by atoms with E-state index in [1.165, 1.54) is 31.2 Å². The lowest BCUT2D eigenvalue weighted by atomic mass is 9.98. The number of methoxy groups -OCH3 is 1. The molecule has 0 aliphatic carbocycles. The number of rotatable bonds is 7. The van der Waals surface area contributed by atoms with Crippen molar-refractivity contribution in [1.82, 2.24) is 0 Å². The number of hydrogen-bond acceptors (Lipinski definition) is 6. The van der Waals surface area contributed by atoms with Crippen LogP contribution < -0.4 is 4.74 Å². The number of carbonyl (C=O) groups is 1. The molecule has 0 saturated carbocycles. The number of non-ortho nitro benzene ring substituents is 1. The fourth-order valence-electron chi connectivity index (χ4n) is 2.43. The fourth-order valence-corrected chi connectivity index (χ4v) is 2.43. The molecule has 0 amide bonds. The average Bonchev–Trinajstić information content (AvgIpc) is 2.61. The predicted molar refractivity (Wildman–Crippen MR) is 90.2 cm³/mol. The number of aliphatic hydroxyl groups is 1. The third-order valence-corrected chi connectivity index (χ3v) is 3.72. The minimum atomic E-state index is -0.870. The topological polar surface area (TPSA) is 98.9 Å². The monoisotopic (exact) mass is 345 g/mol. The normalized spacial score (nSPS) is 12.9. The molecule has 2 aromatic rings. The molecule has 0 aliphatic heterocycles. The number of nitro groups is 1. The molecule has 25 heavy (non-hydrogen) atoms. The second-order valence-corrected chi connectivity index (χ2v) is 5.47. The van der Waals surface area contributed by atoms with E-state index in [0.717, 1.165) is 0 Å².